The molecule has 0 rings (SSSR count). The van der Waals surface area contributed by atoms with Gasteiger partial charge in [0.1, 0.15) is 0 Å². The maximum absolute atomic E-state index is 8.59. The lowest BCUT2D eigenvalue weighted by Gasteiger charge is -2.15. The third kappa shape index (κ3) is 8.63. The first kappa shape index (κ1) is 13.3. The zero-order valence-corrected chi connectivity index (χ0v) is 9.46. The van der Waals surface area contributed by atoms with Crippen LogP contribution in [-0.2, 0) is 4.52 Å². The van der Waals surface area contributed by atoms with Gasteiger partial charge in [-0.3, -0.25) is 0 Å². The Kier molecular flexibility index (Phi) is 9.10. The molecule has 0 aliphatic heterocycles. The van der Waals surface area contributed by atoms with Crippen LogP contribution in [0.2, 0.25) is 0 Å². The molecule has 0 bridgehead atoms. The van der Waals surface area contributed by atoms with Crippen molar-refractivity contribution in [1.29, 1.82) is 0 Å². The minimum absolute atomic E-state index is 0.493. The minimum atomic E-state index is -2.16. The van der Waals surface area contributed by atoms with Crippen LogP contribution in [0.15, 0.2) is 0 Å². The first-order valence-corrected chi connectivity index (χ1v) is 6.18. The van der Waals surface area contributed by atoms with E-state index in [1.807, 2.05) is 0 Å². The zero-order valence-electron chi connectivity index (χ0n) is 8.57. The smallest absolute Gasteiger partial charge is 0.327 e. The van der Waals surface area contributed by atoms with Crippen molar-refractivity contribution in [3.63, 3.8) is 0 Å². The Bertz CT molecular complexity index is 109. The molecule has 0 fully saturated rings. The second-order valence-corrected chi connectivity index (χ2v) is 4.11. The maximum Gasteiger partial charge on any atom is 0.327 e. The van der Waals surface area contributed by atoms with E-state index < -0.39 is 8.60 Å². The van der Waals surface area contributed by atoms with Crippen LogP contribution < -0.4 is 0 Å². The van der Waals surface area contributed by atoms with E-state index >= 15 is 0 Å². The van der Waals surface area contributed by atoms with Crippen molar-refractivity contribution in [2.24, 2.45) is 5.92 Å². The topological polar surface area (TPSA) is 49.7 Å². The minimum Gasteiger partial charge on any atom is -0.328 e. The van der Waals surface area contributed by atoms with Crippen molar-refractivity contribution in [2.75, 3.05) is 6.61 Å². The normalized spacial score (nSPS) is 13.6. The molecule has 1 atom stereocenters. The van der Waals surface area contributed by atoms with E-state index in [1.54, 1.807) is 0 Å². The second kappa shape index (κ2) is 8.89. The molecule has 4 heteroatoms. The number of unbranched alkanes of at least 4 members (excludes halogenated alkanes) is 1. The first-order valence-electron chi connectivity index (χ1n) is 5.01. The highest BCUT2D eigenvalue weighted by molar-refractivity contribution is 7.39. The average molecular weight is 208 g/mol. The first-order chi connectivity index (χ1) is 6.20. The molecule has 2 N–H and O–H groups in total. The van der Waals surface area contributed by atoms with Crippen molar-refractivity contribution in [3.8, 4) is 0 Å². The number of hydrogen-bond donors (Lipinski definition) is 2. The molecule has 0 radical (unpaired) electrons. The molecule has 0 aromatic rings. The molecule has 0 saturated heterocycles. The van der Waals surface area contributed by atoms with Gasteiger partial charge in [0, 0.05) is 0 Å². The number of hydrogen-bond acceptors (Lipinski definition) is 3. The summed E-state index contributed by atoms with van der Waals surface area (Å²) in [5.41, 5.74) is 0. The SMILES string of the molecule is CCCCC(CCC)COP(O)O. The lowest BCUT2D eigenvalue weighted by Crippen LogP contribution is -2.07. The van der Waals surface area contributed by atoms with Crippen LogP contribution in [0, 0.1) is 5.92 Å². The van der Waals surface area contributed by atoms with E-state index in [2.05, 4.69) is 13.8 Å². The van der Waals surface area contributed by atoms with E-state index in [9.17, 15) is 0 Å². The Balaban J connectivity index is 3.53. The molecule has 0 aromatic heterocycles. The van der Waals surface area contributed by atoms with Gasteiger partial charge in [0.05, 0.1) is 6.61 Å². The monoisotopic (exact) mass is 208 g/mol. The summed E-state index contributed by atoms with van der Waals surface area (Å²) in [5.74, 6) is 0.495. The molecule has 13 heavy (non-hydrogen) atoms. The third-order valence-corrected chi connectivity index (χ3v) is 2.47. The molecular weight excluding hydrogens is 187 g/mol. The van der Waals surface area contributed by atoms with Gasteiger partial charge >= 0.3 is 8.60 Å². The van der Waals surface area contributed by atoms with Gasteiger partial charge < -0.3 is 14.3 Å². The van der Waals surface area contributed by atoms with E-state index in [0.29, 0.717) is 12.5 Å². The van der Waals surface area contributed by atoms with E-state index in [1.165, 1.54) is 12.8 Å². The van der Waals surface area contributed by atoms with Gasteiger partial charge in [-0.25, -0.2) is 0 Å². The summed E-state index contributed by atoms with van der Waals surface area (Å²) in [6.45, 7) is 4.79. The second-order valence-electron chi connectivity index (χ2n) is 3.35. The van der Waals surface area contributed by atoms with Crippen LogP contribution in [0.1, 0.15) is 46.0 Å². The Morgan fingerprint density at radius 1 is 1.15 bits per heavy atom. The molecule has 0 amide bonds. The van der Waals surface area contributed by atoms with Crippen molar-refractivity contribution in [3.05, 3.63) is 0 Å². The summed E-state index contributed by atoms with van der Waals surface area (Å²) in [5, 5.41) is 0. The van der Waals surface area contributed by atoms with E-state index in [0.717, 1.165) is 19.3 Å². The fourth-order valence-corrected chi connectivity index (χ4v) is 1.73. The summed E-state index contributed by atoms with van der Waals surface area (Å²) in [7, 11) is -2.16. The van der Waals surface area contributed by atoms with Crippen molar-refractivity contribution in [2.45, 2.75) is 46.0 Å². The van der Waals surface area contributed by atoms with Crippen LogP contribution in [-0.4, -0.2) is 16.4 Å². The van der Waals surface area contributed by atoms with Crippen molar-refractivity contribution in [1.82, 2.24) is 0 Å². The van der Waals surface area contributed by atoms with Gasteiger partial charge in [-0.2, -0.15) is 0 Å². The van der Waals surface area contributed by atoms with Gasteiger partial charge in [-0.15, -0.1) is 0 Å². The fraction of sp³-hybridized carbons (Fsp3) is 1.00. The molecule has 0 saturated carbocycles. The van der Waals surface area contributed by atoms with Gasteiger partial charge in [0.2, 0.25) is 0 Å². The fourth-order valence-electron chi connectivity index (χ4n) is 1.38. The Hall–Kier alpha value is 0.310. The van der Waals surface area contributed by atoms with Crippen molar-refractivity contribution < 1.29 is 14.3 Å². The highest BCUT2D eigenvalue weighted by Crippen LogP contribution is 2.27. The summed E-state index contributed by atoms with van der Waals surface area (Å²) >= 11 is 0. The highest BCUT2D eigenvalue weighted by atomic mass is 31.2. The lowest BCUT2D eigenvalue weighted by molar-refractivity contribution is 0.197. The predicted octanol–water partition coefficient (Wildman–Crippen LogP) is 2.82. The van der Waals surface area contributed by atoms with Crippen LogP contribution in [0.25, 0.3) is 0 Å². The van der Waals surface area contributed by atoms with Gasteiger partial charge in [0.15, 0.2) is 0 Å². The molecule has 0 aliphatic carbocycles. The van der Waals surface area contributed by atoms with Crippen LogP contribution in [0.3, 0.4) is 0 Å². The molecule has 0 aromatic carbocycles. The maximum atomic E-state index is 8.59. The molecular formula is C9H21O3P. The van der Waals surface area contributed by atoms with E-state index in [4.69, 9.17) is 14.3 Å². The Morgan fingerprint density at radius 2 is 1.85 bits per heavy atom. The van der Waals surface area contributed by atoms with Crippen LogP contribution >= 0.6 is 8.60 Å². The van der Waals surface area contributed by atoms with Gasteiger partial charge in [-0.1, -0.05) is 33.1 Å². The molecule has 80 valence electrons. The predicted molar refractivity (Wildman–Crippen MR) is 55.2 cm³/mol. The molecule has 1 unspecified atom stereocenters. The zero-order chi connectivity index (χ0) is 10.1. The summed E-state index contributed by atoms with van der Waals surface area (Å²) in [6, 6.07) is 0. The summed E-state index contributed by atoms with van der Waals surface area (Å²) in [6.07, 6.45) is 5.76. The van der Waals surface area contributed by atoms with Gasteiger partial charge in [0.25, 0.3) is 0 Å². The van der Waals surface area contributed by atoms with Crippen LogP contribution in [0.5, 0.6) is 0 Å². The average Bonchev–Trinajstić information content (AvgIpc) is 2.09. The third-order valence-electron chi connectivity index (χ3n) is 2.09. The number of rotatable bonds is 8. The summed E-state index contributed by atoms with van der Waals surface area (Å²) < 4.78 is 4.83. The van der Waals surface area contributed by atoms with Crippen LogP contribution in [0.4, 0.5) is 0 Å². The Morgan fingerprint density at radius 3 is 2.31 bits per heavy atom. The lowest BCUT2D eigenvalue weighted by atomic mass is 9.98. The molecule has 0 heterocycles. The highest BCUT2D eigenvalue weighted by Gasteiger charge is 2.09. The Labute approximate surface area is 82.1 Å². The molecule has 0 aliphatic rings. The standard InChI is InChI=1S/C9H21O3P/c1-3-5-7-9(6-4-2)8-12-13(10)11/h9-11H,3-8H2,1-2H3. The molecule has 3 nitrogen and oxygen atoms in total. The largest absolute Gasteiger partial charge is 0.328 e. The van der Waals surface area contributed by atoms with Crippen molar-refractivity contribution >= 4 is 8.60 Å². The quantitative estimate of drug-likeness (QED) is 0.603. The summed E-state index contributed by atoms with van der Waals surface area (Å²) in [4.78, 5) is 17.2. The molecule has 0 spiro atoms. The van der Waals surface area contributed by atoms with Gasteiger partial charge in [-0.05, 0) is 18.8 Å². The van der Waals surface area contributed by atoms with E-state index in [-0.39, 0.29) is 0 Å².